The van der Waals surface area contributed by atoms with Gasteiger partial charge in [0.2, 0.25) is 0 Å². The highest BCUT2D eigenvalue weighted by Crippen LogP contribution is 2.25. The van der Waals surface area contributed by atoms with Crippen molar-refractivity contribution >= 4 is 35.0 Å². The minimum atomic E-state index is -0.992. The molecule has 1 atom stereocenters. The number of unbranched alkanes of at least 4 members (excludes halogenated alkanes) is 1. The third-order valence-corrected chi connectivity index (χ3v) is 5.49. The Hall–Kier alpha value is -3.00. The number of benzene rings is 1. The fourth-order valence-corrected chi connectivity index (χ4v) is 3.59. The summed E-state index contributed by atoms with van der Waals surface area (Å²) in [5.41, 5.74) is 0.597. The Kier molecular flexibility index (Phi) is 6.43. The van der Waals surface area contributed by atoms with Crippen LogP contribution >= 0.6 is 11.3 Å². The van der Waals surface area contributed by atoms with E-state index in [4.69, 9.17) is 4.74 Å². The first-order valence-electron chi connectivity index (χ1n) is 9.43. The van der Waals surface area contributed by atoms with Gasteiger partial charge in [0.25, 0.3) is 17.7 Å². The molecule has 1 aromatic heterocycles. The number of esters is 1. The first-order chi connectivity index (χ1) is 13.9. The van der Waals surface area contributed by atoms with Gasteiger partial charge >= 0.3 is 5.97 Å². The standard InChI is InChI=1S/C21H22N2O5S/c1-3-4-9-23-19(25)16-8-7-14(11-17(16)20(23)26)21(27)28-13(2)18(24)22-12-15-6-5-10-29-15/h5-8,10-11,13H,3-4,9,12H2,1-2H3,(H,22,24)/t13-/m0/s1. The number of carbonyl (C=O) groups is 4. The quantitative estimate of drug-likeness (QED) is 0.529. The van der Waals surface area contributed by atoms with Crippen LogP contribution in [-0.2, 0) is 16.1 Å². The number of imide groups is 1. The van der Waals surface area contributed by atoms with E-state index in [0.29, 0.717) is 13.1 Å². The molecule has 0 unspecified atom stereocenters. The van der Waals surface area contributed by atoms with E-state index in [9.17, 15) is 19.2 Å². The summed E-state index contributed by atoms with van der Waals surface area (Å²) in [7, 11) is 0. The van der Waals surface area contributed by atoms with Crippen LogP contribution in [0, 0.1) is 0 Å². The number of fused-ring (bicyclic) bond motifs is 1. The molecule has 7 nitrogen and oxygen atoms in total. The molecule has 29 heavy (non-hydrogen) atoms. The molecule has 0 bridgehead atoms. The van der Waals surface area contributed by atoms with E-state index in [1.807, 2.05) is 24.4 Å². The summed E-state index contributed by atoms with van der Waals surface area (Å²) < 4.78 is 5.22. The highest BCUT2D eigenvalue weighted by atomic mass is 32.1. The Labute approximate surface area is 172 Å². The second-order valence-corrected chi connectivity index (χ2v) is 7.75. The maximum atomic E-state index is 12.5. The van der Waals surface area contributed by atoms with E-state index in [0.717, 1.165) is 17.7 Å². The van der Waals surface area contributed by atoms with Crippen LogP contribution in [0.25, 0.3) is 0 Å². The number of hydrogen-bond acceptors (Lipinski definition) is 6. The third kappa shape index (κ3) is 4.54. The lowest BCUT2D eigenvalue weighted by molar-refractivity contribution is -0.129. The maximum Gasteiger partial charge on any atom is 0.338 e. The van der Waals surface area contributed by atoms with E-state index in [1.54, 1.807) is 0 Å². The summed E-state index contributed by atoms with van der Waals surface area (Å²) in [6, 6.07) is 8.04. The molecule has 0 aliphatic carbocycles. The number of rotatable bonds is 8. The summed E-state index contributed by atoms with van der Waals surface area (Å²) in [5, 5.41) is 4.62. The van der Waals surface area contributed by atoms with Crippen LogP contribution in [0.5, 0.6) is 0 Å². The SMILES string of the molecule is CCCCN1C(=O)c2ccc(C(=O)O[C@@H](C)C(=O)NCc3cccs3)cc2C1=O. The zero-order chi connectivity index (χ0) is 21.0. The average molecular weight is 414 g/mol. The van der Waals surface area contributed by atoms with E-state index < -0.39 is 23.9 Å². The Morgan fingerprint density at radius 1 is 1.17 bits per heavy atom. The van der Waals surface area contributed by atoms with Gasteiger partial charge in [-0.3, -0.25) is 19.3 Å². The molecule has 152 valence electrons. The maximum absolute atomic E-state index is 12.5. The van der Waals surface area contributed by atoms with Crippen molar-refractivity contribution in [1.82, 2.24) is 10.2 Å². The van der Waals surface area contributed by atoms with E-state index in [1.165, 1.54) is 41.4 Å². The second-order valence-electron chi connectivity index (χ2n) is 6.72. The van der Waals surface area contributed by atoms with Gasteiger partial charge in [-0.25, -0.2) is 4.79 Å². The predicted molar refractivity (Wildman–Crippen MR) is 108 cm³/mol. The van der Waals surface area contributed by atoms with Crippen LogP contribution in [0.1, 0.15) is 62.6 Å². The molecule has 2 aromatic rings. The Morgan fingerprint density at radius 3 is 2.62 bits per heavy atom. The summed E-state index contributed by atoms with van der Waals surface area (Å²) in [5.74, 6) is -1.89. The number of thiophene rings is 1. The largest absolute Gasteiger partial charge is 0.449 e. The average Bonchev–Trinajstić information content (AvgIpc) is 3.32. The fraction of sp³-hybridized carbons (Fsp3) is 0.333. The van der Waals surface area contributed by atoms with Gasteiger partial charge in [0.1, 0.15) is 0 Å². The van der Waals surface area contributed by atoms with Crippen molar-refractivity contribution in [3.8, 4) is 0 Å². The Bertz CT molecular complexity index is 939. The molecule has 1 aliphatic rings. The van der Waals surface area contributed by atoms with Gasteiger partial charge in [0.15, 0.2) is 6.10 Å². The molecular formula is C21H22N2O5S. The molecule has 0 fully saturated rings. The van der Waals surface area contributed by atoms with Gasteiger partial charge in [-0.15, -0.1) is 11.3 Å². The number of ether oxygens (including phenoxy) is 1. The van der Waals surface area contributed by atoms with Crippen molar-refractivity contribution in [3.63, 3.8) is 0 Å². The van der Waals surface area contributed by atoms with Crippen LogP contribution in [0.15, 0.2) is 35.7 Å². The van der Waals surface area contributed by atoms with Gasteiger partial charge in [-0.2, -0.15) is 0 Å². The third-order valence-electron chi connectivity index (χ3n) is 4.61. The number of nitrogens with one attached hydrogen (secondary N) is 1. The molecule has 0 saturated heterocycles. The summed E-state index contributed by atoms with van der Waals surface area (Å²) in [6.07, 6.45) is 0.588. The van der Waals surface area contributed by atoms with Gasteiger partial charge in [0, 0.05) is 11.4 Å². The van der Waals surface area contributed by atoms with Crippen LogP contribution in [0.3, 0.4) is 0 Å². The van der Waals surface area contributed by atoms with Gasteiger partial charge in [-0.1, -0.05) is 19.4 Å². The van der Waals surface area contributed by atoms with Crippen molar-refractivity contribution in [2.45, 2.75) is 39.3 Å². The summed E-state index contributed by atoms with van der Waals surface area (Å²) >= 11 is 1.52. The van der Waals surface area contributed by atoms with E-state index in [2.05, 4.69) is 5.32 Å². The van der Waals surface area contributed by atoms with Gasteiger partial charge < -0.3 is 10.1 Å². The number of amides is 3. The topological polar surface area (TPSA) is 92.8 Å². The first-order valence-corrected chi connectivity index (χ1v) is 10.3. The smallest absolute Gasteiger partial charge is 0.338 e. The Morgan fingerprint density at radius 2 is 1.93 bits per heavy atom. The number of hydrogen-bond donors (Lipinski definition) is 1. The van der Waals surface area contributed by atoms with Gasteiger partial charge in [0.05, 0.1) is 23.2 Å². The molecule has 3 rings (SSSR count). The lowest BCUT2D eigenvalue weighted by Gasteiger charge is -2.13. The van der Waals surface area contributed by atoms with Crippen molar-refractivity contribution in [2.24, 2.45) is 0 Å². The fourth-order valence-electron chi connectivity index (χ4n) is 2.95. The number of carbonyl (C=O) groups excluding carboxylic acids is 4. The first kappa shape index (κ1) is 20.7. The van der Waals surface area contributed by atoms with Crippen molar-refractivity contribution in [3.05, 3.63) is 57.3 Å². The molecule has 1 aromatic carbocycles. The van der Waals surface area contributed by atoms with Crippen molar-refractivity contribution in [1.29, 1.82) is 0 Å². The molecular weight excluding hydrogens is 392 g/mol. The number of nitrogens with zero attached hydrogens (tertiary/aromatic N) is 1. The molecule has 3 amide bonds. The van der Waals surface area contributed by atoms with Gasteiger partial charge in [-0.05, 0) is 43.0 Å². The predicted octanol–water partition coefficient (Wildman–Crippen LogP) is 3.01. The monoisotopic (exact) mass is 414 g/mol. The molecule has 8 heteroatoms. The zero-order valence-electron chi connectivity index (χ0n) is 16.3. The van der Waals surface area contributed by atoms with Crippen LogP contribution < -0.4 is 5.32 Å². The minimum absolute atomic E-state index is 0.125. The second kappa shape index (κ2) is 9.00. The Balaban J connectivity index is 1.63. The lowest BCUT2D eigenvalue weighted by Crippen LogP contribution is -2.35. The summed E-state index contributed by atoms with van der Waals surface area (Å²) in [6.45, 7) is 4.17. The summed E-state index contributed by atoms with van der Waals surface area (Å²) in [4.78, 5) is 51.6. The van der Waals surface area contributed by atoms with E-state index >= 15 is 0 Å². The lowest BCUT2D eigenvalue weighted by atomic mass is 10.1. The van der Waals surface area contributed by atoms with Crippen molar-refractivity contribution < 1.29 is 23.9 Å². The molecule has 0 radical (unpaired) electrons. The highest BCUT2D eigenvalue weighted by molar-refractivity contribution is 7.09. The molecule has 0 spiro atoms. The van der Waals surface area contributed by atoms with Crippen molar-refractivity contribution in [2.75, 3.05) is 6.54 Å². The van der Waals surface area contributed by atoms with Crippen LogP contribution in [0.4, 0.5) is 0 Å². The molecule has 2 heterocycles. The highest BCUT2D eigenvalue weighted by Gasteiger charge is 2.35. The normalized spacial score (nSPS) is 13.9. The van der Waals surface area contributed by atoms with E-state index in [-0.39, 0.29) is 22.6 Å². The minimum Gasteiger partial charge on any atom is -0.449 e. The van der Waals surface area contributed by atoms with Crippen LogP contribution in [0.2, 0.25) is 0 Å². The zero-order valence-corrected chi connectivity index (χ0v) is 17.1. The molecule has 1 N–H and O–H groups in total. The molecule has 1 aliphatic heterocycles. The molecule has 0 saturated carbocycles. The van der Waals surface area contributed by atoms with Crippen LogP contribution in [-0.4, -0.2) is 41.2 Å².